The Bertz CT molecular complexity index is 1110. The summed E-state index contributed by atoms with van der Waals surface area (Å²) in [6.07, 6.45) is 3.66. The highest BCUT2D eigenvalue weighted by Gasteiger charge is 2.08. The van der Waals surface area contributed by atoms with Crippen molar-refractivity contribution in [2.24, 2.45) is 7.05 Å². The van der Waals surface area contributed by atoms with Crippen molar-refractivity contribution in [2.45, 2.75) is 13.0 Å². The molecule has 26 heavy (non-hydrogen) atoms. The van der Waals surface area contributed by atoms with E-state index in [1.54, 1.807) is 11.6 Å². The molecule has 0 fully saturated rings. The van der Waals surface area contributed by atoms with E-state index in [2.05, 4.69) is 40.4 Å². The van der Waals surface area contributed by atoms with Crippen LogP contribution in [0.1, 0.15) is 18.5 Å². The lowest BCUT2D eigenvalue weighted by atomic mass is 10.1. The van der Waals surface area contributed by atoms with Crippen molar-refractivity contribution in [3.8, 4) is 11.1 Å². The zero-order valence-corrected chi connectivity index (χ0v) is 14.7. The summed E-state index contributed by atoms with van der Waals surface area (Å²) in [5.41, 5.74) is 5.82. The molecule has 0 unspecified atom stereocenters. The first-order valence-electron chi connectivity index (χ1n) is 8.57. The molecule has 4 aromatic rings. The molecule has 0 aliphatic heterocycles. The van der Waals surface area contributed by atoms with Crippen molar-refractivity contribution >= 4 is 16.7 Å². The average molecular weight is 344 g/mol. The predicted octanol–water partition coefficient (Wildman–Crippen LogP) is 4.10. The molecule has 130 valence electrons. The van der Waals surface area contributed by atoms with Crippen LogP contribution in [0.4, 0.5) is 5.69 Å². The summed E-state index contributed by atoms with van der Waals surface area (Å²) in [6, 6.07) is 18.5. The summed E-state index contributed by atoms with van der Waals surface area (Å²) in [7, 11) is 1.77. The molecule has 1 atom stereocenters. The third kappa shape index (κ3) is 2.99. The first-order valence-corrected chi connectivity index (χ1v) is 8.57. The normalized spacial score (nSPS) is 12.2. The zero-order valence-electron chi connectivity index (χ0n) is 14.7. The molecule has 0 aliphatic rings. The molecule has 0 spiro atoms. The second-order valence-corrected chi connectivity index (χ2v) is 6.46. The number of imidazole rings is 1. The molecule has 0 radical (unpaired) electrons. The molecule has 5 nitrogen and oxygen atoms in total. The van der Waals surface area contributed by atoms with Gasteiger partial charge in [-0.15, -0.1) is 0 Å². The van der Waals surface area contributed by atoms with Crippen LogP contribution in [0.2, 0.25) is 0 Å². The van der Waals surface area contributed by atoms with Crippen molar-refractivity contribution in [1.29, 1.82) is 0 Å². The molecule has 0 saturated carbocycles. The quantitative estimate of drug-likeness (QED) is 0.586. The Kier molecular flexibility index (Phi) is 4.05. The molecule has 2 aromatic heterocycles. The van der Waals surface area contributed by atoms with Crippen LogP contribution in [0.5, 0.6) is 0 Å². The fraction of sp³-hybridized carbons (Fsp3) is 0.143. The maximum Gasteiger partial charge on any atom is 0.326 e. The number of aromatic amines is 1. The second-order valence-electron chi connectivity index (χ2n) is 6.46. The number of aromatic nitrogens is 3. The summed E-state index contributed by atoms with van der Waals surface area (Å²) in [4.78, 5) is 19.0. The number of nitrogens with one attached hydrogen (secondary N) is 2. The molecule has 5 heteroatoms. The molecule has 2 N–H and O–H groups in total. The lowest BCUT2D eigenvalue weighted by Gasteiger charge is -2.16. The SMILES string of the molecule is C[C@H](Nc1cncc(-c2ccc3[nH]c(=O)n(C)c3c2)c1)c1ccccc1. The van der Waals surface area contributed by atoms with Gasteiger partial charge in [0.2, 0.25) is 0 Å². The predicted molar refractivity (Wildman–Crippen MR) is 105 cm³/mol. The summed E-state index contributed by atoms with van der Waals surface area (Å²) < 4.78 is 1.62. The highest BCUT2D eigenvalue weighted by Crippen LogP contribution is 2.26. The third-order valence-electron chi connectivity index (χ3n) is 4.66. The Labute approximate surface area is 151 Å². The van der Waals surface area contributed by atoms with Gasteiger partial charge in [-0.3, -0.25) is 9.55 Å². The lowest BCUT2D eigenvalue weighted by Crippen LogP contribution is -2.11. The van der Waals surface area contributed by atoms with Crippen LogP contribution in [0.25, 0.3) is 22.2 Å². The van der Waals surface area contributed by atoms with Gasteiger partial charge in [0.25, 0.3) is 0 Å². The van der Waals surface area contributed by atoms with Gasteiger partial charge in [-0.1, -0.05) is 36.4 Å². The number of anilines is 1. The van der Waals surface area contributed by atoms with Crippen molar-refractivity contribution in [2.75, 3.05) is 5.32 Å². The van der Waals surface area contributed by atoms with Crippen molar-refractivity contribution in [3.05, 3.63) is 83.0 Å². The summed E-state index contributed by atoms with van der Waals surface area (Å²) in [5.74, 6) is 0. The van der Waals surface area contributed by atoms with Gasteiger partial charge in [-0.05, 0) is 36.2 Å². The first-order chi connectivity index (χ1) is 12.6. The van der Waals surface area contributed by atoms with Crippen LogP contribution in [0, 0.1) is 0 Å². The third-order valence-corrected chi connectivity index (χ3v) is 4.66. The van der Waals surface area contributed by atoms with Gasteiger partial charge in [0.15, 0.2) is 0 Å². The Morgan fingerprint density at radius 1 is 1.04 bits per heavy atom. The molecule has 2 heterocycles. The Balaban J connectivity index is 1.65. The van der Waals surface area contributed by atoms with E-state index in [4.69, 9.17) is 0 Å². The van der Waals surface area contributed by atoms with Crippen molar-refractivity contribution in [3.63, 3.8) is 0 Å². The summed E-state index contributed by atoms with van der Waals surface area (Å²) in [6.45, 7) is 2.13. The Morgan fingerprint density at radius 2 is 1.85 bits per heavy atom. The maximum absolute atomic E-state index is 11.8. The first kappa shape index (κ1) is 16.1. The molecule has 0 saturated heterocycles. The smallest absolute Gasteiger partial charge is 0.326 e. The average Bonchev–Trinajstić information content (AvgIpc) is 2.96. The standard InChI is InChI=1S/C21H20N4O/c1-14(15-6-4-3-5-7-15)23-18-10-17(12-22-13-18)16-8-9-19-20(11-16)25(2)21(26)24-19/h3-14,23H,1-2H3,(H,24,26)/t14-/m0/s1. The van der Waals surface area contributed by atoms with Gasteiger partial charge >= 0.3 is 5.69 Å². The molecular formula is C21H20N4O. The number of nitrogens with zero attached hydrogens (tertiary/aromatic N) is 2. The number of benzene rings is 2. The minimum atomic E-state index is -0.109. The largest absolute Gasteiger partial charge is 0.377 e. The number of H-pyrrole nitrogens is 1. The van der Waals surface area contributed by atoms with Crippen molar-refractivity contribution in [1.82, 2.24) is 14.5 Å². The molecule has 0 aliphatic carbocycles. The fourth-order valence-corrected chi connectivity index (χ4v) is 3.15. The van der Waals surface area contributed by atoms with Gasteiger partial charge in [0.1, 0.15) is 0 Å². The Morgan fingerprint density at radius 3 is 2.65 bits per heavy atom. The minimum absolute atomic E-state index is 0.109. The highest BCUT2D eigenvalue weighted by atomic mass is 16.1. The summed E-state index contributed by atoms with van der Waals surface area (Å²) in [5, 5.41) is 3.50. The van der Waals surface area contributed by atoms with Crippen LogP contribution < -0.4 is 11.0 Å². The van der Waals surface area contributed by atoms with E-state index in [0.29, 0.717) is 0 Å². The molecule has 0 bridgehead atoms. The number of hydrogen-bond donors (Lipinski definition) is 2. The van der Waals surface area contributed by atoms with Crippen LogP contribution >= 0.6 is 0 Å². The van der Waals surface area contributed by atoms with E-state index in [0.717, 1.165) is 27.8 Å². The minimum Gasteiger partial charge on any atom is -0.377 e. The zero-order chi connectivity index (χ0) is 18.1. The number of rotatable bonds is 4. The summed E-state index contributed by atoms with van der Waals surface area (Å²) >= 11 is 0. The number of pyridine rings is 1. The van der Waals surface area contributed by atoms with E-state index in [1.165, 1.54) is 5.56 Å². The number of aryl methyl sites for hydroxylation is 1. The topological polar surface area (TPSA) is 62.7 Å². The Hall–Kier alpha value is -3.34. The van der Waals surface area contributed by atoms with E-state index < -0.39 is 0 Å². The van der Waals surface area contributed by atoms with E-state index >= 15 is 0 Å². The molecular weight excluding hydrogens is 324 g/mol. The van der Waals surface area contributed by atoms with Gasteiger partial charge < -0.3 is 10.3 Å². The van der Waals surface area contributed by atoms with Gasteiger partial charge in [0.05, 0.1) is 16.7 Å². The van der Waals surface area contributed by atoms with Gasteiger partial charge in [-0.2, -0.15) is 0 Å². The second kappa shape index (κ2) is 6.52. The highest BCUT2D eigenvalue weighted by molar-refractivity contribution is 5.82. The van der Waals surface area contributed by atoms with E-state index in [1.807, 2.05) is 48.8 Å². The van der Waals surface area contributed by atoms with E-state index in [-0.39, 0.29) is 11.7 Å². The van der Waals surface area contributed by atoms with Crippen LogP contribution in [-0.2, 0) is 7.05 Å². The molecule has 4 rings (SSSR count). The van der Waals surface area contributed by atoms with Gasteiger partial charge in [-0.25, -0.2) is 4.79 Å². The fourth-order valence-electron chi connectivity index (χ4n) is 3.15. The lowest BCUT2D eigenvalue weighted by molar-refractivity contribution is 0.883. The van der Waals surface area contributed by atoms with E-state index in [9.17, 15) is 4.79 Å². The number of hydrogen-bond acceptors (Lipinski definition) is 3. The van der Waals surface area contributed by atoms with Gasteiger partial charge in [0, 0.05) is 31.0 Å². The molecule has 2 aromatic carbocycles. The molecule has 0 amide bonds. The van der Waals surface area contributed by atoms with Crippen molar-refractivity contribution < 1.29 is 0 Å². The van der Waals surface area contributed by atoms with Crippen LogP contribution in [0.3, 0.4) is 0 Å². The van der Waals surface area contributed by atoms with Crippen LogP contribution in [0.15, 0.2) is 71.8 Å². The maximum atomic E-state index is 11.8. The monoisotopic (exact) mass is 344 g/mol. The van der Waals surface area contributed by atoms with Crippen LogP contribution in [-0.4, -0.2) is 14.5 Å². The number of fused-ring (bicyclic) bond motifs is 1.